The molecule has 2 saturated heterocycles. The van der Waals surface area contributed by atoms with E-state index in [-0.39, 0.29) is 30.3 Å². The van der Waals surface area contributed by atoms with Crippen molar-refractivity contribution in [3.8, 4) is 0 Å². The summed E-state index contributed by atoms with van der Waals surface area (Å²) in [5.41, 5.74) is 0. The van der Waals surface area contributed by atoms with E-state index in [0.29, 0.717) is 25.3 Å². The van der Waals surface area contributed by atoms with Crippen LogP contribution in [-0.4, -0.2) is 49.4 Å². The van der Waals surface area contributed by atoms with E-state index in [1.807, 2.05) is 0 Å². The third-order valence-electron chi connectivity index (χ3n) is 3.92. The van der Waals surface area contributed by atoms with E-state index in [0.717, 1.165) is 32.4 Å². The van der Waals surface area contributed by atoms with Crippen LogP contribution in [-0.2, 0) is 9.59 Å². The number of nitrogens with zero attached hydrogens (tertiary/aromatic N) is 1. The van der Waals surface area contributed by atoms with Crippen LogP contribution in [0.5, 0.6) is 0 Å². The average Bonchev–Trinajstić information content (AvgIpc) is 2.35. The summed E-state index contributed by atoms with van der Waals surface area (Å²) in [5.74, 6) is 0.850. The molecule has 0 aromatic carbocycles. The van der Waals surface area contributed by atoms with E-state index in [1.165, 1.54) is 0 Å². The molecule has 0 spiro atoms. The lowest BCUT2D eigenvalue weighted by molar-refractivity contribution is -0.134. The normalized spacial score (nSPS) is 24.8. The van der Waals surface area contributed by atoms with Crippen molar-refractivity contribution in [3.05, 3.63) is 0 Å². The summed E-state index contributed by atoms with van der Waals surface area (Å²) in [6, 6.07) is 0.141. The van der Waals surface area contributed by atoms with Gasteiger partial charge in [-0.15, -0.1) is 12.4 Å². The van der Waals surface area contributed by atoms with Crippen LogP contribution < -0.4 is 10.6 Å². The molecule has 0 aliphatic carbocycles. The Morgan fingerprint density at radius 3 is 2.68 bits per heavy atom. The third-order valence-corrected chi connectivity index (χ3v) is 3.92. The number of likely N-dealkylation sites (tertiary alicyclic amines) is 1. The van der Waals surface area contributed by atoms with Gasteiger partial charge in [-0.25, -0.2) is 0 Å². The number of likely N-dealkylation sites (N-methyl/N-ethyl adjacent to an activating group) is 1. The first kappa shape index (κ1) is 16.2. The molecular weight excluding hydrogens is 266 g/mol. The fraction of sp³-hybridized carbons (Fsp3) is 0.846. The number of halogens is 1. The number of nitrogens with one attached hydrogen (secondary N) is 2. The summed E-state index contributed by atoms with van der Waals surface area (Å²) in [7, 11) is 1.80. The van der Waals surface area contributed by atoms with Gasteiger partial charge in [0, 0.05) is 32.5 Å². The van der Waals surface area contributed by atoms with Gasteiger partial charge in [-0.2, -0.15) is 0 Å². The number of hydrogen-bond acceptors (Lipinski definition) is 3. The van der Waals surface area contributed by atoms with Gasteiger partial charge in [0.15, 0.2) is 0 Å². The van der Waals surface area contributed by atoms with Crippen molar-refractivity contribution in [1.82, 2.24) is 15.5 Å². The highest BCUT2D eigenvalue weighted by Gasteiger charge is 2.25. The van der Waals surface area contributed by atoms with E-state index in [9.17, 15) is 9.59 Å². The highest BCUT2D eigenvalue weighted by atomic mass is 35.5. The van der Waals surface area contributed by atoms with Crippen molar-refractivity contribution in [2.45, 2.75) is 38.1 Å². The zero-order valence-electron chi connectivity index (χ0n) is 11.5. The molecule has 2 amide bonds. The van der Waals surface area contributed by atoms with Gasteiger partial charge < -0.3 is 15.5 Å². The van der Waals surface area contributed by atoms with Gasteiger partial charge in [0.2, 0.25) is 11.8 Å². The summed E-state index contributed by atoms with van der Waals surface area (Å²) in [6.45, 7) is 2.70. The van der Waals surface area contributed by atoms with Crippen LogP contribution in [0.4, 0.5) is 0 Å². The summed E-state index contributed by atoms with van der Waals surface area (Å²) < 4.78 is 0. The molecule has 19 heavy (non-hydrogen) atoms. The number of hydrogen-bond donors (Lipinski definition) is 2. The lowest BCUT2D eigenvalue weighted by Gasteiger charge is -2.31. The molecule has 110 valence electrons. The largest absolute Gasteiger partial charge is 0.352 e. The van der Waals surface area contributed by atoms with Crippen molar-refractivity contribution >= 4 is 24.2 Å². The third kappa shape index (κ3) is 4.99. The number of carbonyl (C=O) groups excluding carboxylic acids is 2. The van der Waals surface area contributed by atoms with E-state index in [2.05, 4.69) is 10.6 Å². The second kappa shape index (κ2) is 7.70. The minimum Gasteiger partial charge on any atom is -0.352 e. The van der Waals surface area contributed by atoms with Crippen molar-refractivity contribution in [1.29, 1.82) is 0 Å². The molecule has 1 atom stereocenters. The molecule has 0 saturated carbocycles. The van der Waals surface area contributed by atoms with Crippen LogP contribution in [0.1, 0.15) is 32.1 Å². The first-order valence-corrected chi connectivity index (χ1v) is 6.89. The highest BCUT2D eigenvalue weighted by Crippen LogP contribution is 2.16. The molecule has 0 radical (unpaired) electrons. The van der Waals surface area contributed by atoms with Crippen LogP contribution in [0.3, 0.4) is 0 Å². The Morgan fingerprint density at radius 1 is 1.37 bits per heavy atom. The topological polar surface area (TPSA) is 61.4 Å². The van der Waals surface area contributed by atoms with Gasteiger partial charge in [0.1, 0.15) is 0 Å². The maximum atomic E-state index is 11.9. The van der Waals surface area contributed by atoms with Crippen LogP contribution in [0.15, 0.2) is 0 Å². The Hall–Kier alpha value is -0.810. The lowest BCUT2D eigenvalue weighted by atomic mass is 9.94. The zero-order chi connectivity index (χ0) is 13.0. The number of carbonyl (C=O) groups is 2. The van der Waals surface area contributed by atoms with Gasteiger partial charge in [0.05, 0.1) is 0 Å². The quantitative estimate of drug-likeness (QED) is 0.797. The minimum atomic E-state index is 0. The molecule has 2 aliphatic heterocycles. The lowest BCUT2D eigenvalue weighted by Crippen LogP contribution is -2.48. The fourth-order valence-corrected chi connectivity index (χ4v) is 2.76. The molecule has 2 rings (SSSR count). The number of amides is 2. The smallest absolute Gasteiger partial charge is 0.222 e. The summed E-state index contributed by atoms with van der Waals surface area (Å²) in [4.78, 5) is 25.0. The molecule has 6 heteroatoms. The molecule has 2 aliphatic rings. The first-order valence-electron chi connectivity index (χ1n) is 6.89. The van der Waals surface area contributed by atoms with E-state index < -0.39 is 0 Å². The first-order chi connectivity index (χ1) is 8.65. The second-order valence-corrected chi connectivity index (χ2v) is 5.47. The summed E-state index contributed by atoms with van der Waals surface area (Å²) in [6.07, 6.45) is 4.15. The molecule has 2 fully saturated rings. The molecule has 0 aromatic rings. The maximum Gasteiger partial charge on any atom is 0.222 e. The van der Waals surface area contributed by atoms with E-state index in [4.69, 9.17) is 0 Å². The summed E-state index contributed by atoms with van der Waals surface area (Å²) >= 11 is 0. The zero-order valence-corrected chi connectivity index (χ0v) is 12.3. The van der Waals surface area contributed by atoms with Crippen LogP contribution in [0.2, 0.25) is 0 Å². The molecule has 1 unspecified atom stereocenters. The maximum absolute atomic E-state index is 11.9. The second-order valence-electron chi connectivity index (χ2n) is 5.47. The van der Waals surface area contributed by atoms with Crippen molar-refractivity contribution in [2.24, 2.45) is 5.92 Å². The van der Waals surface area contributed by atoms with Crippen molar-refractivity contribution < 1.29 is 9.59 Å². The highest BCUT2D eigenvalue weighted by molar-refractivity contribution is 5.85. The van der Waals surface area contributed by atoms with Crippen molar-refractivity contribution in [3.63, 3.8) is 0 Å². The average molecular weight is 290 g/mol. The number of rotatable bonds is 3. The summed E-state index contributed by atoms with van der Waals surface area (Å²) in [5, 5.41) is 6.37. The predicted octanol–water partition coefficient (Wildman–Crippen LogP) is 0.535. The molecule has 2 N–H and O–H groups in total. The molecule has 5 nitrogen and oxygen atoms in total. The van der Waals surface area contributed by atoms with Crippen LogP contribution in [0.25, 0.3) is 0 Å². The standard InChI is InChI=1S/C13H23N3O2.ClH/c1-16-9-11(2-3-13(16)18)15-12(17)8-10-4-6-14-7-5-10;/h10-11,14H,2-9H2,1H3,(H,15,17);1H. The Bertz CT molecular complexity index is 319. The Morgan fingerprint density at radius 2 is 2.05 bits per heavy atom. The Kier molecular flexibility index (Phi) is 6.58. The van der Waals surface area contributed by atoms with Gasteiger partial charge in [-0.1, -0.05) is 0 Å². The minimum absolute atomic E-state index is 0. The van der Waals surface area contributed by atoms with Crippen LogP contribution >= 0.6 is 12.4 Å². The fourth-order valence-electron chi connectivity index (χ4n) is 2.76. The molecule has 0 bridgehead atoms. The van der Waals surface area contributed by atoms with Gasteiger partial charge in [-0.05, 0) is 38.3 Å². The molecule has 2 heterocycles. The van der Waals surface area contributed by atoms with Gasteiger partial charge in [0.25, 0.3) is 0 Å². The Balaban J connectivity index is 0.00000180. The van der Waals surface area contributed by atoms with Crippen molar-refractivity contribution in [2.75, 3.05) is 26.7 Å². The van der Waals surface area contributed by atoms with Gasteiger partial charge in [-0.3, -0.25) is 9.59 Å². The van der Waals surface area contributed by atoms with E-state index in [1.54, 1.807) is 11.9 Å². The number of piperidine rings is 2. The predicted molar refractivity (Wildman–Crippen MR) is 76.3 cm³/mol. The SMILES string of the molecule is CN1CC(NC(=O)CC2CCNCC2)CCC1=O.Cl. The van der Waals surface area contributed by atoms with Gasteiger partial charge >= 0.3 is 0 Å². The van der Waals surface area contributed by atoms with Crippen LogP contribution in [0, 0.1) is 5.92 Å². The molecular formula is C13H24ClN3O2. The Labute approximate surface area is 120 Å². The molecule has 0 aromatic heterocycles. The van der Waals surface area contributed by atoms with E-state index >= 15 is 0 Å². The monoisotopic (exact) mass is 289 g/mol.